The van der Waals surface area contributed by atoms with Crippen molar-refractivity contribution in [2.45, 2.75) is 29.1 Å². The van der Waals surface area contributed by atoms with Gasteiger partial charge in [0.25, 0.3) is 0 Å². The maximum Gasteiger partial charge on any atom is 0.242 e. The van der Waals surface area contributed by atoms with Gasteiger partial charge in [0.05, 0.1) is 10.3 Å². The fourth-order valence-corrected chi connectivity index (χ4v) is 3.94. The second-order valence-corrected chi connectivity index (χ2v) is 9.40. The van der Waals surface area contributed by atoms with Gasteiger partial charge in [-0.15, -0.1) is 23.2 Å². The standard InChI is InChI=1S/C14H18Cl2N2O3S/c1-13(9-14(13,15)16)12(19)17-8-10-6-4-5-7-11(10)22(20,21)18(2)3/h4-7H,8-9H2,1-3H3,(H,17,19)/t13-/m1/s1. The van der Waals surface area contributed by atoms with Crippen LogP contribution in [0.1, 0.15) is 18.9 Å². The van der Waals surface area contributed by atoms with Gasteiger partial charge in [-0.25, -0.2) is 12.7 Å². The molecule has 0 spiro atoms. The molecule has 1 aromatic rings. The molecule has 1 saturated carbocycles. The third-order valence-electron chi connectivity index (χ3n) is 3.93. The summed E-state index contributed by atoms with van der Waals surface area (Å²) in [4.78, 5) is 12.3. The molecule has 122 valence electrons. The Morgan fingerprint density at radius 3 is 2.36 bits per heavy atom. The fourth-order valence-electron chi connectivity index (χ4n) is 2.12. The molecule has 0 heterocycles. The van der Waals surface area contributed by atoms with Crippen LogP contribution in [0.5, 0.6) is 0 Å². The lowest BCUT2D eigenvalue weighted by atomic mass is 10.1. The van der Waals surface area contributed by atoms with Gasteiger partial charge in [-0.2, -0.15) is 0 Å². The number of hydrogen-bond donors (Lipinski definition) is 1. The highest BCUT2D eigenvalue weighted by Gasteiger charge is 2.67. The van der Waals surface area contributed by atoms with Crippen LogP contribution in [-0.4, -0.2) is 37.1 Å². The second-order valence-electron chi connectivity index (χ2n) is 5.79. The summed E-state index contributed by atoms with van der Waals surface area (Å²) in [6, 6.07) is 6.55. The number of hydrogen-bond acceptors (Lipinski definition) is 3. The molecule has 1 aliphatic rings. The minimum atomic E-state index is -3.57. The fraction of sp³-hybridized carbons (Fsp3) is 0.500. The van der Waals surface area contributed by atoms with Gasteiger partial charge in [0.2, 0.25) is 15.9 Å². The molecular formula is C14H18Cl2N2O3S. The van der Waals surface area contributed by atoms with Crippen molar-refractivity contribution in [1.82, 2.24) is 9.62 Å². The van der Waals surface area contributed by atoms with E-state index in [2.05, 4.69) is 5.32 Å². The maximum atomic E-state index is 12.3. The smallest absolute Gasteiger partial charge is 0.242 e. The quantitative estimate of drug-likeness (QED) is 0.813. The Bertz CT molecular complexity index is 704. The predicted octanol–water partition coefficient (Wildman–Crippen LogP) is 2.14. The van der Waals surface area contributed by atoms with Crippen molar-refractivity contribution >= 4 is 39.1 Å². The number of nitrogens with one attached hydrogen (secondary N) is 1. The molecule has 1 aromatic carbocycles. The zero-order valence-electron chi connectivity index (χ0n) is 12.6. The molecule has 0 unspecified atom stereocenters. The third-order valence-corrected chi connectivity index (χ3v) is 6.95. The number of nitrogens with zero attached hydrogens (tertiary/aromatic N) is 1. The molecule has 0 bridgehead atoms. The van der Waals surface area contributed by atoms with E-state index < -0.39 is 19.8 Å². The average Bonchev–Trinajstić information content (AvgIpc) is 2.96. The van der Waals surface area contributed by atoms with E-state index in [1.54, 1.807) is 25.1 Å². The molecular weight excluding hydrogens is 347 g/mol. The SMILES string of the molecule is CN(C)S(=O)(=O)c1ccccc1CNC(=O)[C@@]1(C)CC1(Cl)Cl. The van der Waals surface area contributed by atoms with Crippen LogP contribution in [0.4, 0.5) is 0 Å². The van der Waals surface area contributed by atoms with Gasteiger partial charge < -0.3 is 5.32 Å². The predicted molar refractivity (Wildman–Crippen MR) is 86.3 cm³/mol. The van der Waals surface area contributed by atoms with Gasteiger partial charge in [0.1, 0.15) is 4.33 Å². The first kappa shape index (κ1) is 17.5. The van der Waals surface area contributed by atoms with E-state index in [4.69, 9.17) is 23.2 Å². The summed E-state index contributed by atoms with van der Waals surface area (Å²) in [5.41, 5.74) is -0.311. The number of halogens is 2. The topological polar surface area (TPSA) is 66.5 Å². The van der Waals surface area contributed by atoms with Crippen LogP contribution in [0.2, 0.25) is 0 Å². The van der Waals surface area contributed by atoms with Crippen molar-refractivity contribution < 1.29 is 13.2 Å². The first-order valence-electron chi connectivity index (χ1n) is 6.69. The summed E-state index contributed by atoms with van der Waals surface area (Å²) in [5, 5.41) is 2.72. The van der Waals surface area contributed by atoms with E-state index >= 15 is 0 Å². The highest BCUT2D eigenvalue weighted by molar-refractivity contribution is 7.89. The second kappa shape index (κ2) is 5.67. The van der Waals surface area contributed by atoms with Crippen LogP contribution in [0.3, 0.4) is 0 Å². The molecule has 22 heavy (non-hydrogen) atoms. The molecule has 5 nitrogen and oxygen atoms in total. The minimum absolute atomic E-state index is 0.0987. The molecule has 2 rings (SSSR count). The first-order chi connectivity index (χ1) is 10.0. The molecule has 8 heteroatoms. The number of amides is 1. The summed E-state index contributed by atoms with van der Waals surface area (Å²) in [5.74, 6) is -0.283. The molecule has 1 atom stereocenters. The van der Waals surface area contributed by atoms with Crippen LogP contribution in [0.25, 0.3) is 0 Å². The number of alkyl halides is 2. The summed E-state index contributed by atoms with van der Waals surface area (Å²) < 4.78 is 24.6. The Morgan fingerprint density at radius 2 is 1.86 bits per heavy atom. The Hall–Kier alpha value is -0.820. The van der Waals surface area contributed by atoms with Crippen molar-refractivity contribution in [3.05, 3.63) is 29.8 Å². The number of carbonyl (C=O) groups excluding carboxylic acids is 1. The van der Waals surface area contributed by atoms with Crippen LogP contribution < -0.4 is 5.32 Å². The summed E-state index contributed by atoms with van der Waals surface area (Å²) in [7, 11) is -0.641. The molecule has 1 fully saturated rings. The van der Waals surface area contributed by atoms with E-state index in [1.807, 2.05) is 0 Å². The molecule has 0 radical (unpaired) electrons. The van der Waals surface area contributed by atoms with Gasteiger partial charge in [-0.1, -0.05) is 18.2 Å². The number of sulfonamides is 1. The van der Waals surface area contributed by atoms with Crippen molar-refractivity contribution in [2.75, 3.05) is 14.1 Å². The minimum Gasteiger partial charge on any atom is -0.351 e. The van der Waals surface area contributed by atoms with E-state index in [1.165, 1.54) is 20.2 Å². The van der Waals surface area contributed by atoms with Crippen molar-refractivity contribution in [2.24, 2.45) is 5.41 Å². The zero-order chi connectivity index (χ0) is 16.8. The summed E-state index contributed by atoms with van der Waals surface area (Å²) in [6.45, 7) is 1.78. The highest BCUT2D eigenvalue weighted by atomic mass is 35.5. The van der Waals surface area contributed by atoms with E-state index in [0.717, 1.165) is 4.31 Å². The average molecular weight is 365 g/mol. The number of benzene rings is 1. The Labute approximate surface area is 140 Å². The monoisotopic (exact) mass is 364 g/mol. The number of carbonyl (C=O) groups is 1. The van der Waals surface area contributed by atoms with Crippen LogP contribution in [-0.2, 0) is 21.4 Å². The van der Waals surface area contributed by atoms with Crippen molar-refractivity contribution in [3.63, 3.8) is 0 Å². The molecule has 0 aliphatic heterocycles. The Balaban J connectivity index is 2.17. The van der Waals surface area contributed by atoms with Crippen LogP contribution >= 0.6 is 23.2 Å². The molecule has 1 aliphatic carbocycles. The lowest BCUT2D eigenvalue weighted by molar-refractivity contribution is -0.125. The summed E-state index contributed by atoms with van der Waals surface area (Å²) >= 11 is 11.9. The lowest BCUT2D eigenvalue weighted by Gasteiger charge is -2.17. The molecule has 0 aromatic heterocycles. The van der Waals surface area contributed by atoms with Gasteiger partial charge in [-0.05, 0) is 25.0 Å². The van der Waals surface area contributed by atoms with Gasteiger partial charge in [-0.3, -0.25) is 4.79 Å². The largest absolute Gasteiger partial charge is 0.351 e. The molecule has 1 N–H and O–H groups in total. The Kier molecular flexibility index (Phi) is 4.52. The maximum absolute atomic E-state index is 12.3. The highest BCUT2D eigenvalue weighted by Crippen LogP contribution is 2.63. The van der Waals surface area contributed by atoms with Gasteiger partial charge in [0.15, 0.2) is 0 Å². The summed E-state index contributed by atoms with van der Waals surface area (Å²) in [6.07, 6.45) is 0.382. The van der Waals surface area contributed by atoms with Crippen molar-refractivity contribution in [1.29, 1.82) is 0 Å². The first-order valence-corrected chi connectivity index (χ1v) is 8.88. The van der Waals surface area contributed by atoms with E-state index in [-0.39, 0.29) is 17.3 Å². The zero-order valence-corrected chi connectivity index (χ0v) is 14.9. The third kappa shape index (κ3) is 2.97. The van der Waals surface area contributed by atoms with Crippen LogP contribution in [0.15, 0.2) is 29.2 Å². The van der Waals surface area contributed by atoms with E-state index in [9.17, 15) is 13.2 Å². The van der Waals surface area contributed by atoms with Gasteiger partial charge in [0, 0.05) is 20.6 Å². The molecule has 1 amide bonds. The Morgan fingerprint density at radius 1 is 1.32 bits per heavy atom. The van der Waals surface area contributed by atoms with E-state index in [0.29, 0.717) is 12.0 Å². The normalized spacial score (nSPS) is 23.4. The van der Waals surface area contributed by atoms with Crippen LogP contribution in [0, 0.1) is 5.41 Å². The molecule has 0 saturated heterocycles. The van der Waals surface area contributed by atoms with Crippen molar-refractivity contribution in [3.8, 4) is 0 Å². The lowest BCUT2D eigenvalue weighted by Crippen LogP contribution is -2.33. The van der Waals surface area contributed by atoms with Gasteiger partial charge >= 0.3 is 0 Å². The number of rotatable bonds is 5.